The van der Waals surface area contributed by atoms with Gasteiger partial charge in [0.15, 0.2) is 0 Å². The van der Waals surface area contributed by atoms with Crippen LogP contribution in [0.1, 0.15) is 21.5 Å². The van der Waals surface area contributed by atoms with E-state index in [4.69, 9.17) is 5.26 Å². The molecular weight excluding hydrogens is 369 g/mol. The van der Waals surface area contributed by atoms with E-state index in [1.54, 1.807) is 24.3 Å². The van der Waals surface area contributed by atoms with Gasteiger partial charge in [-0.15, -0.1) is 0 Å². The third kappa shape index (κ3) is 4.45. The van der Waals surface area contributed by atoms with E-state index in [2.05, 4.69) is 21.7 Å². The Kier molecular flexibility index (Phi) is 5.27. The number of hydrogen-bond donors (Lipinski definition) is 2. The Morgan fingerprint density at radius 1 is 1.04 bits per heavy atom. The first-order valence-corrected chi connectivity index (χ1v) is 8.07. The van der Waals surface area contributed by atoms with Gasteiger partial charge in [-0.25, -0.2) is 4.98 Å². The third-order valence-corrected chi connectivity index (χ3v) is 3.78. The van der Waals surface area contributed by atoms with Gasteiger partial charge in [0.05, 0.1) is 22.4 Å². The standard InChI is InChI=1S/C20H13F3N4O/c21-20(22,23)15-5-3-6-16(10-15)26-19(28)14-8-9-18(25-12-14)27-17-7-2-1-4-13(17)11-24/h1-10,12H,(H,25,27)(H,26,28). The maximum atomic E-state index is 12.8. The first kappa shape index (κ1) is 18.9. The number of hydrogen-bond acceptors (Lipinski definition) is 4. The Labute approximate surface area is 158 Å². The molecule has 0 spiro atoms. The zero-order chi connectivity index (χ0) is 20.1. The molecule has 28 heavy (non-hydrogen) atoms. The van der Waals surface area contributed by atoms with E-state index >= 15 is 0 Å². The lowest BCUT2D eigenvalue weighted by molar-refractivity contribution is -0.137. The maximum absolute atomic E-state index is 12.8. The zero-order valence-corrected chi connectivity index (χ0v) is 14.3. The number of rotatable bonds is 4. The Morgan fingerprint density at radius 3 is 2.50 bits per heavy atom. The van der Waals surface area contributed by atoms with Crippen LogP contribution in [0.15, 0.2) is 66.9 Å². The predicted molar refractivity (Wildman–Crippen MR) is 98.1 cm³/mol. The number of pyridine rings is 1. The number of nitriles is 1. The van der Waals surface area contributed by atoms with Crippen molar-refractivity contribution >= 4 is 23.1 Å². The highest BCUT2D eigenvalue weighted by Gasteiger charge is 2.30. The number of carbonyl (C=O) groups excluding carboxylic acids is 1. The van der Waals surface area contributed by atoms with Crippen LogP contribution in [-0.2, 0) is 6.18 Å². The molecule has 3 rings (SSSR count). The smallest absolute Gasteiger partial charge is 0.339 e. The lowest BCUT2D eigenvalue weighted by Crippen LogP contribution is -2.13. The van der Waals surface area contributed by atoms with Gasteiger partial charge in [-0.2, -0.15) is 18.4 Å². The van der Waals surface area contributed by atoms with Crippen molar-refractivity contribution < 1.29 is 18.0 Å². The van der Waals surface area contributed by atoms with Crippen LogP contribution in [0.4, 0.5) is 30.4 Å². The van der Waals surface area contributed by atoms with E-state index in [-0.39, 0.29) is 11.3 Å². The number of nitrogens with zero attached hydrogens (tertiary/aromatic N) is 2. The summed E-state index contributed by atoms with van der Waals surface area (Å²) >= 11 is 0. The Balaban J connectivity index is 1.71. The van der Waals surface area contributed by atoms with E-state index in [9.17, 15) is 18.0 Å². The molecule has 0 fully saturated rings. The summed E-state index contributed by atoms with van der Waals surface area (Å²) in [5, 5.41) is 14.5. The summed E-state index contributed by atoms with van der Waals surface area (Å²) in [6.45, 7) is 0. The second kappa shape index (κ2) is 7.80. The number of carbonyl (C=O) groups is 1. The van der Waals surface area contributed by atoms with Crippen molar-refractivity contribution in [3.63, 3.8) is 0 Å². The van der Waals surface area contributed by atoms with Gasteiger partial charge >= 0.3 is 6.18 Å². The Hall–Kier alpha value is -3.86. The molecule has 2 N–H and O–H groups in total. The fourth-order valence-electron chi connectivity index (χ4n) is 2.41. The van der Waals surface area contributed by atoms with E-state index in [0.29, 0.717) is 17.1 Å². The van der Waals surface area contributed by atoms with Crippen molar-refractivity contribution in [2.24, 2.45) is 0 Å². The molecule has 0 aliphatic heterocycles. The first-order valence-electron chi connectivity index (χ1n) is 8.07. The number of para-hydroxylation sites is 1. The number of amides is 1. The second-order valence-corrected chi connectivity index (χ2v) is 5.75. The van der Waals surface area contributed by atoms with Crippen molar-refractivity contribution in [2.45, 2.75) is 6.18 Å². The molecule has 0 unspecified atom stereocenters. The molecule has 140 valence electrons. The molecule has 1 aromatic heterocycles. The van der Waals surface area contributed by atoms with Crippen LogP contribution < -0.4 is 10.6 Å². The molecule has 3 aromatic rings. The molecule has 0 saturated heterocycles. The van der Waals surface area contributed by atoms with Gasteiger partial charge < -0.3 is 10.6 Å². The quantitative estimate of drug-likeness (QED) is 0.668. The van der Waals surface area contributed by atoms with Crippen LogP contribution in [-0.4, -0.2) is 10.9 Å². The molecule has 8 heteroatoms. The molecule has 1 heterocycles. The summed E-state index contributed by atoms with van der Waals surface area (Å²) in [5.74, 6) is -0.172. The summed E-state index contributed by atoms with van der Waals surface area (Å²) in [4.78, 5) is 16.4. The largest absolute Gasteiger partial charge is 0.416 e. The zero-order valence-electron chi connectivity index (χ0n) is 14.3. The molecule has 0 bridgehead atoms. The number of aromatic nitrogens is 1. The lowest BCUT2D eigenvalue weighted by atomic mass is 10.2. The first-order chi connectivity index (χ1) is 13.4. The number of alkyl halides is 3. The van der Waals surface area contributed by atoms with Crippen LogP contribution in [0.2, 0.25) is 0 Å². The van der Waals surface area contributed by atoms with E-state index < -0.39 is 17.6 Å². The average Bonchev–Trinajstić information content (AvgIpc) is 2.68. The molecule has 2 aromatic carbocycles. The fraction of sp³-hybridized carbons (Fsp3) is 0.0500. The normalized spacial score (nSPS) is 10.8. The molecule has 0 atom stereocenters. The molecule has 0 radical (unpaired) electrons. The van der Waals surface area contributed by atoms with Crippen molar-refractivity contribution in [3.05, 3.63) is 83.6 Å². The topological polar surface area (TPSA) is 77.8 Å². The van der Waals surface area contributed by atoms with Crippen LogP contribution in [0.25, 0.3) is 0 Å². The van der Waals surface area contributed by atoms with Crippen molar-refractivity contribution in [2.75, 3.05) is 10.6 Å². The molecule has 5 nitrogen and oxygen atoms in total. The Bertz CT molecular complexity index is 1040. The molecular formula is C20H13F3N4O. The number of anilines is 3. The highest BCUT2D eigenvalue weighted by atomic mass is 19.4. The summed E-state index contributed by atoms with van der Waals surface area (Å²) in [7, 11) is 0. The fourth-order valence-corrected chi connectivity index (χ4v) is 2.41. The average molecular weight is 382 g/mol. The lowest BCUT2D eigenvalue weighted by Gasteiger charge is -2.10. The van der Waals surface area contributed by atoms with Crippen LogP contribution in [0.5, 0.6) is 0 Å². The van der Waals surface area contributed by atoms with Crippen LogP contribution in [0.3, 0.4) is 0 Å². The molecule has 0 aliphatic rings. The van der Waals surface area contributed by atoms with Crippen molar-refractivity contribution in [3.8, 4) is 6.07 Å². The van der Waals surface area contributed by atoms with Gasteiger partial charge in [0.2, 0.25) is 0 Å². The van der Waals surface area contributed by atoms with E-state index in [0.717, 1.165) is 12.1 Å². The van der Waals surface area contributed by atoms with Gasteiger partial charge in [-0.3, -0.25) is 4.79 Å². The summed E-state index contributed by atoms with van der Waals surface area (Å²) in [6.07, 6.45) is -3.20. The Morgan fingerprint density at radius 2 is 1.82 bits per heavy atom. The van der Waals surface area contributed by atoms with Crippen molar-refractivity contribution in [1.29, 1.82) is 5.26 Å². The summed E-state index contributed by atoms with van der Waals surface area (Å²) in [6, 6.07) is 16.3. The predicted octanol–water partition coefficient (Wildman–Crippen LogP) is 4.97. The summed E-state index contributed by atoms with van der Waals surface area (Å²) in [5.41, 5.74) is 0.370. The number of benzene rings is 2. The summed E-state index contributed by atoms with van der Waals surface area (Å²) < 4.78 is 38.3. The third-order valence-electron chi connectivity index (χ3n) is 3.78. The second-order valence-electron chi connectivity index (χ2n) is 5.75. The maximum Gasteiger partial charge on any atom is 0.416 e. The van der Waals surface area contributed by atoms with Crippen LogP contribution in [0, 0.1) is 11.3 Å². The SMILES string of the molecule is N#Cc1ccccc1Nc1ccc(C(=O)Nc2cccc(C(F)(F)F)c2)cn1. The van der Waals surface area contributed by atoms with Gasteiger partial charge in [-0.05, 0) is 42.5 Å². The molecule has 0 saturated carbocycles. The van der Waals surface area contributed by atoms with E-state index in [1.807, 2.05) is 0 Å². The minimum absolute atomic E-state index is 0.0324. The monoisotopic (exact) mass is 382 g/mol. The minimum Gasteiger partial charge on any atom is -0.339 e. The van der Waals surface area contributed by atoms with Crippen molar-refractivity contribution in [1.82, 2.24) is 4.98 Å². The van der Waals surface area contributed by atoms with Gasteiger partial charge in [0, 0.05) is 11.9 Å². The van der Waals surface area contributed by atoms with Crippen LogP contribution >= 0.6 is 0 Å². The van der Waals surface area contributed by atoms with Gasteiger partial charge in [-0.1, -0.05) is 18.2 Å². The number of halogens is 3. The minimum atomic E-state index is -4.49. The van der Waals surface area contributed by atoms with Gasteiger partial charge in [0.25, 0.3) is 5.91 Å². The molecule has 1 amide bonds. The highest BCUT2D eigenvalue weighted by Crippen LogP contribution is 2.30. The number of nitrogens with one attached hydrogen (secondary N) is 2. The van der Waals surface area contributed by atoms with Gasteiger partial charge in [0.1, 0.15) is 11.9 Å². The van der Waals surface area contributed by atoms with E-state index in [1.165, 1.54) is 30.5 Å². The highest BCUT2D eigenvalue weighted by molar-refractivity contribution is 6.04. The molecule has 0 aliphatic carbocycles.